The van der Waals surface area contributed by atoms with Crippen LogP contribution in [0.5, 0.6) is 0 Å². The summed E-state index contributed by atoms with van der Waals surface area (Å²) >= 11 is 13.2. The molecule has 4 nitrogen and oxygen atoms in total. The highest BCUT2D eigenvalue weighted by Crippen LogP contribution is 2.25. The number of nitriles is 2. The van der Waals surface area contributed by atoms with Crippen molar-refractivity contribution in [3.8, 4) is 12.1 Å². The minimum atomic E-state index is -0.671. The van der Waals surface area contributed by atoms with Crippen molar-refractivity contribution in [3.05, 3.63) is 69.9 Å². The Kier molecular flexibility index (Phi) is 9.08. The molecule has 0 unspecified atom stereocenters. The Morgan fingerprint density at radius 2 is 1.62 bits per heavy atom. The number of benzene rings is 2. The molecule has 0 fully saturated rings. The molecule has 2 aromatic carbocycles. The number of thiophene rings is 2. The highest BCUT2D eigenvalue weighted by molar-refractivity contribution is 7.17. The van der Waals surface area contributed by atoms with Gasteiger partial charge in [-0.25, -0.2) is 0 Å². The molecule has 2 aromatic heterocycles. The van der Waals surface area contributed by atoms with Gasteiger partial charge in [-0.2, -0.15) is 10.5 Å². The number of carbonyl (C=O) groups excluding carboxylic acids is 1. The molecule has 2 heterocycles. The zero-order chi connectivity index (χ0) is 21.2. The van der Waals surface area contributed by atoms with Gasteiger partial charge < -0.3 is 4.74 Å². The first kappa shape index (κ1) is 22.8. The van der Waals surface area contributed by atoms with Crippen molar-refractivity contribution in [1.29, 1.82) is 10.5 Å². The SMILES string of the molecule is COC(Cl)Cl.N#Cc1ccc2scc(C=O)c2c1.N#Cc1ccc2sccc2c1. The summed E-state index contributed by atoms with van der Waals surface area (Å²) in [5.74, 6) is 0. The van der Waals surface area contributed by atoms with Gasteiger partial charge in [0.15, 0.2) is 6.29 Å². The molecule has 0 aliphatic heterocycles. The lowest BCUT2D eigenvalue weighted by atomic mass is 10.1. The van der Waals surface area contributed by atoms with Crippen LogP contribution in [0.25, 0.3) is 20.2 Å². The molecule has 4 aromatic rings. The molecular formula is C21H14Cl2N2O2S2. The van der Waals surface area contributed by atoms with Crippen LogP contribution in [0.4, 0.5) is 0 Å². The van der Waals surface area contributed by atoms with Crippen LogP contribution in [0, 0.1) is 22.7 Å². The van der Waals surface area contributed by atoms with Gasteiger partial charge in [-0.3, -0.25) is 4.79 Å². The van der Waals surface area contributed by atoms with Crippen LogP contribution in [0.15, 0.2) is 53.2 Å². The lowest BCUT2D eigenvalue weighted by molar-refractivity contribution is 0.112. The van der Waals surface area contributed by atoms with Gasteiger partial charge >= 0.3 is 0 Å². The van der Waals surface area contributed by atoms with E-state index in [-0.39, 0.29) is 0 Å². The zero-order valence-electron chi connectivity index (χ0n) is 15.1. The van der Waals surface area contributed by atoms with Gasteiger partial charge in [-0.15, -0.1) is 22.7 Å². The van der Waals surface area contributed by atoms with E-state index >= 15 is 0 Å². The first-order valence-electron chi connectivity index (χ1n) is 8.07. The maximum atomic E-state index is 10.6. The summed E-state index contributed by atoms with van der Waals surface area (Å²) in [4.78, 5) is 10.6. The van der Waals surface area contributed by atoms with Crippen molar-refractivity contribution in [1.82, 2.24) is 0 Å². The van der Waals surface area contributed by atoms with Gasteiger partial charge in [0, 0.05) is 32.8 Å². The summed E-state index contributed by atoms with van der Waals surface area (Å²) < 4.78 is 6.56. The summed E-state index contributed by atoms with van der Waals surface area (Å²) in [5.41, 5.74) is 1.99. The van der Waals surface area contributed by atoms with Crippen LogP contribution in [0.3, 0.4) is 0 Å². The molecule has 0 atom stereocenters. The zero-order valence-corrected chi connectivity index (χ0v) is 18.3. The second-order valence-corrected chi connectivity index (χ2v) is 8.29. The molecule has 0 radical (unpaired) electrons. The average molecular weight is 461 g/mol. The summed E-state index contributed by atoms with van der Waals surface area (Å²) in [6.45, 7) is 0. The summed E-state index contributed by atoms with van der Waals surface area (Å²) in [7, 11) is 1.44. The predicted octanol–water partition coefficient (Wildman–Crippen LogP) is 6.75. The van der Waals surface area contributed by atoms with Gasteiger partial charge in [0.05, 0.1) is 23.3 Å². The van der Waals surface area contributed by atoms with Gasteiger partial charge in [0.2, 0.25) is 5.02 Å². The number of alkyl halides is 2. The molecule has 8 heteroatoms. The Hall–Kier alpha value is -2.45. The third kappa shape index (κ3) is 6.54. The fourth-order valence-electron chi connectivity index (χ4n) is 2.25. The number of carbonyl (C=O) groups is 1. The van der Waals surface area contributed by atoms with Crippen LogP contribution < -0.4 is 0 Å². The van der Waals surface area contributed by atoms with E-state index in [0.717, 1.165) is 27.3 Å². The molecule has 0 amide bonds. The molecule has 4 rings (SSSR count). The fraction of sp³-hybridized carbons (Fsp3) is 0.0952. The molecule has 29 heavy (non-hydrogen) atoms. The number of hydrogen-bond donors (Lipinski definition) is 0. The van der Waals surface area contributed by atoms with Gasteiger partial charge in [0.1, 0.15) is 0 Å². The molecule has 146 valence electrons. The molecule has 0 aliphatic carbocycles. The molecule has 0 saturated heterocycles. The fourth-order valence-corrected chi connectivity index (χ4v) is 3.90. The van der Waals surface area contributed by atoms with E-state index in [1.807, 2.05) is 41.8 Å². The van der Waals surface area contributed by atoms with Crippen LogP contribution in [-0.4, -0.2) is 18.4 Å². The monoisotopic (exact) mass is 460 g/mol. The van der Waals surface area contributed by atoms with Crippen molar-refractivity contribution >= 4 is 72.3 Å². The van der Waals surface area contributed by atoms with Crippen molar-refractivity contribution in [2.75, 3.05) is 7.11 Å². The summed E-state index contributed by atoms with van der Waals surface area (Å²) in [5, 5.41) is 22.5. The van der Waals surface area contributed by atoms with E-state index in [2.05, 4.69) is 10.8 Å². The lowest BCUT2D eigenvalue weighted by Crippen LogP contribution is -1.85. The van der Waals surface area contributed by atoms with E-state index in [0.29, 0.717) is 11.1 Å². The lowest BCUT2D eigenvalue weighted by Gasteiger charge is -1.90. The van der Waals surface area contributed by atoms with E-state index in [1.165, 1.54) is 23.1 Å². The number of aldehydes is 1. The minimum absolute atomic E-state index is 0.592. The van der Waals surface area contributed by atoms with Gasteiger partial charge in [-0.1, -0.05) is 23.2 Å². The first-order valence-corrected chi connectivity index (χ1v) is 10.7. The maximum absolute atomic E-state index is 10.6. The summed E-state index contributed by atoms with van der Waals surface area (Å²) in [6, 6.07) is 17.3. The van der Waals surface area contributed by atoms with Crippen molar-refractivity contribution in [2.24, 2.45) is 0 Å². The third-order valence-corrected chi connectivity index (χ3v) is 5.86. The Morgan fingerprint density at radius 1 is 1.00 bits per heavy atom. The highest BCUT2D eigenvalue weighted by atomic mass is 35.5. The van der Waals surface area contributed by atoms with Crippen LogP contribution in [0.2, 0.25) is 0 Å². The van der Waals surface area contributed by atoms with E-state index in [1.54, 1.807) is 28.8 Å². The Labute approximate surface area is 186 Å². The van der Waals surface area contributed by atoms with Crippen molar-refractivity contribution in [2.45, 2.75) is 5.02 Å². The molecule has 0 N–H and O–H groups in total. The van der Waals surface area contributed by atoms with Gasteiger partial charge in [0.25, 0.3) is 0 Å². The average Bonchev–Trinajstić information content (AvgIpc) is 3.39. The second kappa shape index (κ2) is 11.5. The number of rotatable bonds is 2. The Bertz CT molecular complexity index is 1190. The largest absolute Gasteiger partial charge is 0.352 e. The number of methoxy groups -OCH3 is 1. The Morgan fingerprint density at radius 3 is 2.21 bits per heavy atom. The van der Waals surface area contributed by atoms with Crippen LogP contribution in [0.1, 0.15) is 21.5 Å². The number of hydrogen-bond acceptors (Lipinski definition) is 6. The second-order valence-electron chi connectivity index (χ2n) is 5.41. The topological polar surface area (TPSA) is 73.9 Å². The third-order valence-electron chi connectivity index (χ3n) is 3.62. The molecule has 0 saturated carbocycles. The molecule has 0 bridgehead atoms. The molecule has 0 spiro atoms. The number of halogens is 2. The summed E-state index contributed by atoms with van der Waals surface area (Å²) in [6.07, 6.45) is 0.819. The maximum Gasteiger partial charge on any atom is 0.206 e. The van der Waals surface area contributed by atoms with E-state index in [9.17, 15) is 4.79 Å². The van der Waals surface area contributed by atoms with Crippen LogP contribution >= 0.6 is 45.9 Å². The molecular weight excluding hydrogens is 447 g/mol. The van der Waals surface area contributed by atoms with Crippen molar-refractivity contribution in [3.63, 3.8) is 0 Å². The van der Waals surface area contributed by atoms with Crippen molar-refractivity contribution < 1.29 is 9.53 Å². The quantitative estimate of drug-likeness (QED) is 0.244. The van der Waals surface area contributed by atoms with Gasteiger partial charge in [-0.05, 0) is 53.2 Å². The minimum Gasteiger partial charge on any atom is -0.352 e. The first-order chi connectivity index (χ1) is 14.0. The number of nitrogens with zero attached hydrogens (tertiary/aromatic N) is 2. The molecule has 0 aliphatic rings. The number of ether oxygens (including phenoxy) is 1. The van der Waals surface area contributed by atoms with E-state index < -0.39 is 5.02 Å². The highest BCUT2D eigenvalue weighted by Gasteiger charge is 2.03. The number of fused-ring (bicyclic) bond motifs is 2. The Balaban J connectivity index is 0.000000171. The van der Waals surface area contributed by atoms with E-state index in [4.69, 9.17) is 33.7 Å². The normalized spacial score (nSPS) is 9.72. The standard InChI is InChI=1S/C10H5NOS.C9H5NS.C2H4Cl2O/c11-4-7-1-2-10-9(3-7)8(5-12)6-13-10;10-6-7-1-2-9-8(5-7)3-4-11-9;1-5-2(3)4/h1-3,5-6H;1-5H;2H,1H3. The smallest absolute Gasteiger partial charge is 0.206 e. The van der Waals surface area contributed by atoms with Crippen LogP contribution in [-0.2, 0) is 4.74 Å². The predicted molar refractivity (Wildman–Crippen MR) is 121 cm³/mol.